The molecule has 5 nitrogen and oxygen atoms in total. The van der Waals surface area contributed by atoms with Gasteiger partial charge >= 0.3 is 0 Å². The Morgan fingerprint density at radius 2 is 1.81 bits per heavy atom. The topological polar surface area (TPSA) is 48.5 Å². The minimum Gasteiger partial charge on any atom is -0.367 e. The van der Waals surface area contributed by atoms with Crippen LogP contribution in [0, 0.1) is 0 Å². The van der Waals surface area contributed by atoms with Gasteiger partial charge in [0.1, 0.15) is 5.82 Å². The lowest BCUT2D eigenvalue weighted by atomic mass is 10.0. The highest BCUT2D eigenvalue weighted by Gasteiger charge is 2.28. The number of hydrogen-bond acceptors (Lipinski definition) is 5. The average Bonchev–Trinajstić information content (AvgIpc) is 3.24. The lowest BCUT2D eigenvalue weighted by Gasteiger charge is -2.39. The van der Waals surface area contributed by atoms with Gasteiger partial charge in [-0.15, -0.1) is 0 Å². The molecule has 0 atom stereocenters. The second-order valence-electron chi connectivity index (χ2n) is 7.70. The molecule has 0 radical (unpaired) electrons. The molecule has 1 amide bonds. The van der Waals surface area contributed by atoms with E-state index in [9.17, 15) is 4.79 Å². The summed E-state index contributed by atoms with van der Waals surface area (Å²) in [5.41, 5.74) is 0.737. The zero-order chi connectivity index (χ0) is 17.8. The van der Waals surface area contributed by atoms with Crippen LogP contribution in [0.4, 0.5) is 5.82 Å². The number of aromatic nitrogens is 1. The Hall–Kier alpha value is -1.27. The molecule has 6 heteroatoms. The van der Waals surface area contributed by atoms with Gasteiger partial charge < -0.3 is 15.1 Å². The summed E-state index contributed by atoms with van der Waals surface area (Å²) in [7, 11) is 0. The van der Waals surface area contributed by atoms with Crippen molar-refractivity contribution in [2.45, 2.75) is 50.6 Å². The molecule has 0 saturated carbocycles. The first kappa shape index (κ1) is 18.1. The number of likely N-dealkylation sites (tertiary alicyclic amines) is 2. The first-order chi connectivity index (χ1) is 12.8. The van der Waals surface area contributed by atoms with E-state index in [2.05, 4.69) is 27.0 Å². The van der Waals surface area contributed by atoms with E-state index < -0.39 is 0 Å². The smallest absolute Gasteiger partial charge is 0.257 e. The molecule has 26 heavy (non-hydrogen) atoms. The zero-order valence-corrected chi connectivity index (χ0v) is 16.3. The molecule has 1 aromatic rings. The summed E-state index contributed by atoms with van der Waals surface area (Å²) in [6.07, 6.45) is 8.99. The van der Waals surface area contributed by atoms with Crippen LogP contribution in [-0.4, -0.2) is 70.5 Å². The van der Waals surface area contributed by atoms with Crippen molar-refractivity contribution in [2.75, 3.05) is 43.0 Å². The fourth-order valence-electron chi connectivity index (χ4n) is 4.44. The summed E-state index contributed by atoms with van der Waals surface area (Å²) in [6.45, 7) is 4.08. The molecule has 0 spiro atoms. The Bertz CT molecular complexity index is 606. The van der Waals surface area contributed by atoms with Crippen LogP contribution in [0.3, 0.4) is 0 Å². The first-order valence-electron chi connectivity index (χ1n) is 10.1. The number of piperidine rings is 1. The number of carbonyl (C=O) groups excluding carboxylic acids is 1. The monoisotopic (exact) mass is 374 g/mol. The van der Waals surface area contributed by atoms with Gasteiger partial charge in [-0.3, -0.25) is 4.79 Å². The molecule has 0 aromatic carbocycles. The van der Waals surface area contributed by atoms with E-state index in [1.54, 1.807) is 6.20 Å². The van der Waals surface area contributed by atoms with E-state index in [1.807, 2.05) is 17.0 Å². The number of amides is 1. The number of nitrogens with one attached hydrogen (secondary N) is 1. The van der Waals surface area contributed by atoms with Crippen molar-refractivity contribution < 1.29 is 4.79 Å². The van der Waals surface area contributed by atoms with Gasteiger partial charge in [-0.2, -0.15) is 11.8 Å². The number of pyridine rings is 1. The highest BCUT2D eigenvalue weighted by atomic mass is 32.2. The second-order valence-corrected chi connectivity index (χ2v) is 8.92. The molecule has 0 unspecified atom stereocenters. The quantitative estimate of drug-likeness (QED) is 0.878. The van der Waals surface area contributed by atoms with E-state index in [0.717, 1.165) is 69.3 Å². The molecule has 1 aromatic heterocycles. The summed E-state index contributed by atoms with van der Waals surface area (Å²) in [4.78, 5) is 22.0. The van der Waals surface area contributed by atoms with Gasteiger partial charge in [-0.05, 0) is 62.2 Å². The predicted octanol–water partition coefficient (Wildman–Crippen LogP) is 3.09. The third-order valence-corrected chi connectivity index (χ3v) is 7.06. The fourth-order valence-corrected chi connectivity index (χ4v) is 5.52. The number of anilines is 1. The molecule has 0 aliphatic carbocycles. The lowest BCUT2D eigenvalue weighted by Crippen LogP contribution is -2.46. The Labute approximate surface area is 160 Å². The molecular weight excluding hydrogens is 344 g/mol. The van der Waals surface area contributed by atoms with Gasteiger partial charge in [0.25, 0.3) is 5.91 Å². The molecule has 3 aliphatic heterocycles. The molecule has 3 fully saturated rings. The number of rotatable bonds is 4. The minimum atomic E-state index is 0.134. The van der Waals surface area contributed by atoms with Gasteiger partial charge in [-0.1, -0.05) is 0 Å². The van der Waals surface area contributed by atoms with Crippen LogP contribution in [0.5, 0.6) is 0 Å². The maximum atomic E-state index is 12.8. The van der Waals surface area contributed by atoms with Crippen LogP contribution >= 0.6 is 11.8 Å². The standard InChI is InChI=1S/C20H30N4OS/c25-20(24-10-1-2-11-24)18-4-3-9-21-19(18)22-16-5-12-23(13-6-16)17-7-14-26-15-8-17/h3-4,9,16-17H,1-2,5-8,10-15H2,(H,21,22). The average molecular weight is 375 g/mol. The SMILES string of the molecule is O=C(c1cccnc1NC1CCN(C2CCSCC2)CC1)N1CCCC1. The molecular formula is C20H30N4OS. The summed E-state index contributed by atoms with van der Waals surface area (Å²) < 4.78 is 0. The molecule has 142 valence electrons. The van der Waals surface area contributed by atoms with Gasteiger partial charge in [0.2, 0.25) is 0 Å². The highest BCUT2D eigenvalue weighted by molar-refractivity contribution is 7.99. The van der Waals surface area contributed by atoms with E-state index in [4.69, 9.17) is 0 Å². The fraction of sp³-hybridized carbons (Fsp3) is 0.700. The summed E-state index contributed by atoms with van der Waals surface area (Å²) in [6, 6.07) is 5.01. The van der Waals surface area contributed by atoms with Crippen molar-refractivity contribution in [1.82, 2.24) is 14.8 Å². The molecule has 0 bridgehead atoms. The molecule has 4 heterocycles. The Morgan fingerprint density at radius 1 is 1.08 bits per heavy atom. The number of carbonyl (C=O) groups is 1. The van der Waals surface area contributed by atoms with Crippen molar-refractivity contribution in [2.24, 2.45) is 0 Å². The zero-order valence-electron chi connectivity index (χ0n) is 15.5. The molecule has 3 aliphatic rings. The van der Waals surface area contributed by atoms with Crippen LogP contribution in [-0.2, 0) is 0 Å². The number of nitrogens with zero attached hydrogens (tertiary/aromatic N) is 3. The van der Waals surface area contributed by atoms with Gasteiger partial charge in [0.05, 0.1) is 5.56 Å². The Kier molecular flexibility index (Phi) is 6.00. The predicted molar refractivity (Wildman–Crippen MR) is 108 cm³/mol. The van der Waals surface area contributed by atoms with Crippen LogP contribution in [0.15, 0.2) is 18.3 Å². The molecule has 1 N–H and O–H groups in total. The van der Waals surface area contributed by atoms with Crippen LogP contribution < -0.4 is 5.32 Å². The van der Waals surface area contributed by atoms with Crippen LogP contribution in [0.25, 0.3) is 0 Å². The lowest BCUT2D eigenvalue weighted by molar-refractivity contribution is 0.0793. The van der Waals surface area contributed by atoms with E-state index in [0.29, 0.717) is 6.04 Å². The van der Waals surface area contributed by atoms with E-state index >= 15 is 0 Å². The number of hydrogen-bond donors (Lipinski definition) is 1. The third kappa shape index (κ3) is 4.17. The van der Waals surface area contributed by atoms with Crippen molar-refractivity contribution in [3.63, 3.8) is 0 Å². The minimum absolute atomic E-state index is 0.134. The maximum absolute atomic E-state index is 12.8. The largest absolute Gasteiger partial charge is 0.367 e. The first-order valence-corrected chi connectivity index (χ1v) is 11.3. The summed E-state index contributed by atoms with van der Waals surface area (Å²) >= 11 is 2.10. The summed E-state index contributed by atoms with van der Waals surface area (Å²) in [5, 5.41) is 3.59. The highest BCUT2D eigenvalue weighted by Crippen LogP contribution is 2.26. The van der Waals surface area contributed by atoms with E-state index in [-0.39, 0.29) is 5.91 Å². The van der Waals surface area contributed by atoms with Crippen molar-refractivity contribution in [1.29, 1.82) is 0 Å². The summed E-state index contributed by atoms with van der Waals surface area (Å²) in [5.74, 6) is 3.55. The third-order valence-electron chi connectivity index (χ3n) is 6.01. The van der Waals surface area contributed by atoms with Crippen molar-refractivity contribution in [3.05, 3.63) is 23.9 Å². The van der Waals surface area contributed by atoms with Crippen molar-refractivity contribution in [3.8, 4) is 0 Å². The van der Waals surface area contributed by atoms with Gasteiger partial charge in [0.15, 0.2) is 0 Å². The number of thioether (sulfide) groups is 1. The van der Waals surface area contributed by atoms with Crippen LogP contribution in [0.2, 0.25) is 0 Å². The van der Waals surface area contributed by atoms with E-state index in [1.165, 1.54) is 24.3 Å². The van der Waals surface area contributed by atoms with Crippen molar-refractivity contribution >= 4 is 23.5 Å². The van der Waals surface area contributed by atoms with Gasteiger partial charge in [0, 0.05) is 44.5 Å². The van der Waals surface area contributed by atoms with Gasteiger partial charge in [-0.25, -0.2) is 4.98 Å². The second kappa shape index (κ2) is 8.61. The maximum Gasteiger partial charge on any atom is 0.257 e. The Morgan fingerprint density at radius 3 is 2.54 bits per heavy atom. The normalized spacial score (nSPS) is 23.3. The molecule has 3 saturated heterocycles. The molecule has 4 rings (SSSR count). The van der Waals surface area contributed by atoms with Crippen LogP contribution in [0.1, 0.15) is 48.9 Å². The Balaban J connectivity index is 1.35.